The van der Waals surface area contributed by atoms with Crippen LogP contribution >= 0.6 is 0 Å². The Kier molecular flexibility index (Phi) is 11.6. The minimum atomic E-state index is 0.564. The zero-order valence-electron chi connectivity index (χ0n) is 16.3. The van der Waals surface area contributed by atoms with Gasteiger partial charge in [-0.3, -0.25) is 0 Å². The molecule has 1 rings (SSSR count). The van der Waals surface area contributed by atoms with Crippen molar-refractivity contribution in [2.24, 2.45) is 23.2 Å². The van der Waals surface area contributed by atoms with Crippen LogP contribution in [0.1, 0.15) is 113 Å². The van der Waals surface area contributed by atoms with Gasteiger partial charge < -0.3 is 0 Å². The van der Waals surface area contributed by atoms with E-state index in [1.165, 1.54) is 64.2 Å². The quantitative estimate of drug-likeness (QED) is 0.448. The van der Waals surface area contributed by atoms with Crippen LogP contribution in [0.4, 0.5) is 0 Å². The van der Waals surface area contributed by atoms with Crippen LogP contribution in [-0.4, -0.2) is 0 Å². The molecule has 0 bridgehead atoms. The van der Waals surface area contributed by atoms with Crippen molar-refractivity contribution in [2.45, 2.75) is 113 Å². The van der Waals surface area contributed by atoms with E-state index >= 15 is 0 Å². The predicted octanol–water partition coefficient (Wildman–Crippen LogP) is 7.86. The topological polar surface area (TPSA) is 0 Å². The first-order chi connectivity index (χ1) is 9.88. The fourth-order valence-electron chi connectivity index (χ4n) is 3.83. The van der Waals surface area contributed by atoms with E-state index in [-0.39, 0.29) is 0 Å². The summed E-state index contributed by atoms with van der Waals surface area (Å²) >= 11 is 0. The third-order valence-corrected chi connectivity index (χ3v) is 5.69. The van der Waals surface area contributed by atoms with E-state index in [0.717, 1.165) is 17.8 Å². The molecule has 0 aromatic heterocycles. The highest BCUT2D eigenvalue weighted by molar-refractivity contribution is 4.71. The molecule has 0 heterocycles. The standard InChI is InChI=1S/C11H24.C10H20/c1-6-8-10(3)9-11(4,5)7-2;1-3-9-6-5-7-10(4-2)8-9/h10H,6-9H2,1-5H3;9-10H,3-8H2,1-2H3. The summed E-state index contributed by atoms with van der Waals surface area (Å²) in [5.74, 6) is 3.05. The lowest BCUT2D eigenvalue weighted by Gasteiger charge is -2.27. The largest absolute Gasteiger partial charge is 0.0654 e. The predicted molar refractivity (Wildman–Crippen MR) is 98.8 cm³/mol. The first kappa shape index (κ1) is 21.0. The first-order valence-corrected chi connectivity index (χ1v) is 9.88. The molecule has 0 heteroatoms. The van der Waals surface area contributed by atoms with Crippen LogP contribution in [0, 0.1) is 23.2 Å². The Bertz CT molecular complexity index is 218. The Hall–Kier alpha value is 0. The molecule has 3 unspecified atom stereocenters. The van der Waals surface area contributed by atoms with Crippen molar-refractivity contribution in [1.82, 2.24) is 0 Å². The average molecular weight is 297 g/mol. The van der Waals surface area contributed by atoms with E-state index in [1.54, 1.807) is 0 Å². The van der Waals surface area contributed by atoms with Gasteiger partial charge in [0.25, 0.3) is 0 Å². The van der Waals surface area contributed by atoms with Crippen LogP contribution in [0.15, 0.2) is 0 Å². The molecule has 0 saturated heterocycles. The number of hydrogen-bond donors (Lipinski definition) is 0. The van der Waals surface area contributed by atoms with E-state index in [0.29, 0.717) is 5.41 Å². The van der Waals surface area contributed by atoms with Crippen LogP contribution in [-0.2, 0) is 0 Å². The second-order valence-electron chi connectivity index (χ2n) is 8.33. The van der Waals surface area contributed by atoms with Crippen molar-refractivity contribution in [3.05, 3.63) is 0 Å². The van der Waals surface area contributed by atoms with Gasteiger partial charge in [0.15, 0.2) is 0 Å². The van der Waals surface area contributed by atoms with E-state index in [9.17, 15) is 0 Å². The van der Waals surface area contributed by atoms with E-state index < -0.39 is 0 Å². The van der Waals surface area contributed by atoms with Gasteiger partial charge in [-0.15, -0.1) is 0 Å². The second kappa shape index (κ2) is 11.6. The fourth-order valence-corrected chi connectivity index (χ4v) is 3.83. The SMILES string of the molecule is CCC1CCCC(CC)C1.CCCC(C)CC(C)(C)CC. The molecule has 0 aliphatic heterocycles. The highest BCUT2D eigenvalue weighted by Crippen LogP contribution is 2.32. The summed E-state index contributed by atoms with van der Waals surface area (Å²) in [6, 6.07) is 0. The van der Waals surface area contributed by atoms with Gasteiger partial charge in [0.2, 0.25) is 0 Å². The maximum Gasteiger partial charge on any atom is -0.0354 e. The minimum Gasteiger partial charge on any atom is -0.0654 e. The molecule has 1 fully saturated rings. The number of rotatable bonds is 7. The summed E-state index contributed by atoms with van der Waals surface area (Å²) in [7, 11) is 0. The van der Waals surface area contributed by atoms with Crippen LogP contribution in [0.25, 0.3) is 0 Å². The van der Waals surface area contributed by atoms with Crippen molar-refractivity contribution in [3.63, 3.8) is 0 Å². The summed E-state index contributed by atoms with van der Waals surface area (Å²) in [5.41, 5.74) is 0.564. The lowest BCUT2D eigenvalue weighted by molar-refractivity contribution is 0.255. The number of hydrogen-bond acceptors (Lipinski definition) is 0. The molecular weight excluding hydrogens is 252 g/mol. The van der Waals surface area contributed by atoms with Crippen molar-refractivity contribution in [1.29, 1.82) is 0 Å². The van der Waals surface area contributed by atoms with Crippen LogP contribution in [0.2, 0.25) is 0 Å². The Balaban J connectivity index is 0.000000382. The van der Waals surface area contributed by atoms with Crippen molar-refractivity contribution < 1.29 is 0 Å². The molecule has 1 aliphatic rings. The third kappa shape index (κ3) is 10.4. The summed E-state index contributed by atoms with van der Waals surface area (Å²) in [6.45, 7) is 16.4. The Labute approximate surface area is 136 Å². The monoisotopic (exact) mass is 296 g/mol. The van der Waals surface area contributed by atoms with Crippen molar-refractivity contribution in [3.8, 4) is 0 Å². The molecule has 0 spiro atoms. The van der Waals surface area contributed by atoms with Gasteiger partial charge in [-0.2, -0.15) is 0 Å². The van der Waals surface area contributed by atoms with Crippen LogP contribution in [0.5, 0.6) is 0 Å². The molecule has 1 aliphatic carbocycles. The fraction of sp³-hybridized carbons (Fsp3) is 1.00. The van der Waals surface area contributed by atoms with Gasteiger partial charge in [0.1, 0.15) is 0 Å². The molecule has 0 aromatic carbocycles. The summed E-state index contributed by atoms with van der Waals surface area (Å²) in [5, 5.41) is 0. The molecule has 0 nitrogen and oxygen atoms in total. The average Bonchev–Trinajstić information content (AvgIpc) is 2.47. The van der Waals surface area contributed by atoms with Gasteiger partial charge in [-0.05, 0) is 36.0 Å². The summed E-state index contributed by atoms with van der Waals surface area (Å²) in [6.07, 6.45) is 14.3. The lowest BCUT2D eigenvalue weighted by atomic mass is 9.79. The molecule has 3 atom stereocenters. The third-order valence-electron chi connectivity index (χ3n) is 5.69. The van der Waals surface area contributed by atoms with Gasteiger partial charge in [0, 0.05) is 0 Å². The second-order valence-corrected chi connectivity index (χ2v) is 8.33. The molecule has 0 aromatic rings. The van der Waals surface area contributed by atoms with Crippen molar-refractivity contribution >= 4 is 0 Å². The molecule has 0 N–H and O–H groups in total. The van der Waals surface area contributed by atoms with Crippen LogP contribution < -0.4 is 0 Å². The Morgan fingerprint density at radius 3 is 1.86 bits per heavy atom. The summed E-state index contributed by atoms with van der Waals surface area (Å²) < 4.78 is 0. The highest BCUT2D eigenvalue weighted by Gasteiger charge is 2.19. The Morgan fingerprint density at radius 1 is 0.952 bits per heavy atom. The molecule has 1 saturated carbocycles. The smallest absolute Gasteiger partial charge is 0.0354 e. The molecule has 21 heavy (non-hydrogen) atoms. The maximum atomic E-state index is 2.38. The van der Waals surface area contributed by atoms with Gasteiger partial charge in [0.05, 0.1) is 0 Å². The van der Waals surface area contributed by atoms with E-state index in [2.05, 4.69) is 48.5 Å². The van der Waals surface area contributed by atoms with Crippen molar-refractivity contribution in [2.75, 3.05) is 0 Å². The lowest BCUT2D eigenvalue weighted by Crippen LogP contribution is -2.14. The van der Waals surface area contributed by atoms with E-state index in [4.69, 9.17) is 0 Å². The molecule has 0 radical (unpaired) electrons. The minimum absolute atomic E-state index is 0.564. The molecular formula is C21H44. The first-order valence-electron chi connectivity index (χ1n) is 9.88. The molecule has 128 valence electrons. The molecule has 0 amide bonds. The Morgan fingerprint density at radius 2 is 1.48 bits per heavy atom. The normalized spacial score (nSPS) is 24.1. The zero-order chi connectivity index (χ0) is 16.3. The van der Waals surface area contributed by atoms with Crippen LogP contribution in [0.3, 0.4) is 0 Å². The summed E-state index contributed by atoms with van der Waals surface area (Å²) in [4.78, 5) is 0. The maximum absolute atomic E-state index is 2.38. The van der Waals surface area contributed by atoms with Gasteiger partial charge in [-0.1, -0.05) is 99.8 Å². The van der Waals surface area contributed by atoms with Gasteiger partial charge >= 0.3 is 0 Å². The highest BCUT2D eigenvalue weighted by atomic mass is 14.2. The zero-order valence-corrected chi connectivity index (χ0v) is 16.3. The van der Waals surface area contributed by atoms with E-state index in [1.807, 2.05) is 0 Å². The van der Waals surface area contributed by atoms with Gasteiger partial charge in [-0.25, -0.2) is 0 Å².